The van der Waals surface area contributed by atoms with Gasteiger partial charge in [-0.25, -0.2) is 0 Å². The fraction of sp³-hybridized carbons (Fsp3) is 0.368. The van der Waals surface area contributed by atoms with Crippen molar-refractivity contribution < 1.29 is 4.74 Å². The Morgan fingerprint density at radius 1 is 0.905 bits per heavy atom. The summed E-state index contributed by atoms with van der Waals surface area (Å²) in [5, 5.41) is 3.72. The Labute approximate surface area is 127 Å². The number of methoxy groups -OCH3 is 1. The minimum atomic E-state index is 0.322. The molecule has 1 N–H and O–H groups in total. The highest BCUT2D eigenvalue weighted by Crippen LogP contribution is 2.31. The highest BCUT2D eigenvalue weighted by molar-refractivity contribution is 5.77. The van der Waals surface area contributed by atoms with Crippen molar-refractivity contribution in [1.29, 1.82) is 0 Å². The normalized spacial score (nSPS) is 22.0. The molecule has 0 heterocycles. The van der Waals surface area contributed by atoms with Crippen molar-refractivity contribution in [3.63, 3.8) is 0 Å². The maximum Gasteiger partial charge on any atom is 0.0772 e. The Bertz CT molecular complexity index is 567. The topological polar surface area (TPSA) is 21.3 Å². The number of rotatable bonds is 4. The van der Waals surface area contributed by atoms with E-state index in [0.29, 0.717) is 12.1 Å². The molecule has 3 rings (SSSR count). The van der Waals surface area contributed by atoms with Crippen molar-refractivity contribution >= 4 is 5.69 Å². The molecule has 0 bridgehead atoms. The molecule has 1 aliphatic rings. The lowest BCUT2D eigenvalue weighted by atomic mass is 9.91. The van der Waals surface area contributed by atoms with Crippen LogP contribution in [0, 0.1) is 0 Å². The van der Waals surface area contributed by atoms with Gasteiger partial charge in [-0.15, -0.1) is 0 Å². The summed E-state index contributed by atoms with van der Waals surface area (Å²) >= 11 is 0. The van der Waals surface area contributed by atoms with Gasteiger partial charge in [-0.05, 0) is 24.5 Å². The van der Waals surface area contributed by atoms with Crippen LogP contribution in [-0.2, 0) is 4.74 Å². The van der Waals surface area contributed by atoms with Gasteiger partial charge in [-0.2, -0.15) is 0 Å². The first-order valence-electron chi connectivity index (χ1n) is 7.82. The molecular formula is C19H23NO. The van der Waals surface area contributed by atoms with E-state index in [1.807, 2.05) is 7.11 Å². The highest BCUT2D eigenvalue weighted by Gasteiger charge is 2.25. The molecule has 0 aromatic heterocycles. The van der Waals surface area contributed by atoms with E-state index in [0.717, 1.165) is 6.42 Å². The van der Waals surface area contributed by atoms with E-state index in [9.17, 15) is 0 Å². The van der Waals surface area contributed by atoms with Crippen LogP contribution in [0.1, 0.15) is 25.7 Å². The summed E-state index contributed by atoms with van der Waals surface area (Å²) in [4.78, 5) is 0. The number of ether oxygens (including phenoxy) is 1. The Balaban J connectivity index is 1.85. The molecule has 0 saturated heterocycles. The second kappa shape index (κ2) is 6.77. The van der Waals surface area contributed by atoms with Gasteiger partial charge in [-0.1, -0.05) is 61.4 Å². The van der Waals surface area contributed by atoms with Gasteiger partial charge in [-0.3, -0.25) is 0 Å². The number of hydrogen-bond acceptors (Lipinski definition) is 2. The maximum atomic E-state index is 5.66. The Hall–Kier alpha value is -1.80. The van der Waals surface area contributed by atoms with Gasteiger partial charge in [0.05, 0.1) is 12.1 Å². The monoisotopic (exact) mass is 281 g/mol. The summed E-state index contributed by atoms with van der Waals surface area (Å²) in [6.07, 6.45) is 5.22. The SMILES string of the molecule is COC1CCCCC1Nc1ccccc1-c1ccccc1. The Morgan fingerprint density at radius 3 is 2.43 bits per heavy atom. The standard InChI is InChI=1S/C19H23NO/c1-21-19-14-8-7-13-18(19)20-17-12-6-5-11-16(17)15-9-3-2-4-10-15/h2-6,9-12,18-20H,7-8,13-14H2,1H3. The number of nitrogens with one attached hydrogen (secondary N) is 1. The third-order valence-electron chi connectivity index (χ3n) is 4.36. The van der Waals surface area contributed by atoms with Crippen molar-refractivity contribution in [3.8, 4) is 11.1 Å². The maximum absolute atomic E-state index is 5.66. The Morgan fingerprint density at radius 2 is 1.62 bits per heavy atom. The predicted octanol–water partition coefficient (Wildman–Crippen LogP) is 4.72. The summed E-state index contributed by atoms with van der Waals surface area (Å²) in [6, 6.07) is 19.5. The van der Waals surface area contributed by atoms with Crippen LogP contribution >= 0.6 is 0 Å². The van der Waals surface area contributed by atoms with Gasteiger partial charge >= 0.3 is 0 Å². The van der Waals surface area contributed by atoms with Crippen LogP contribution in [0.25, 0.3) is 11.1 Å². The third kappa shape index (κ3) is 3.27. The largest absolute Gasteiger partial charge is 0.379 e. The molecule has 0 spiro atoms. The summed E-state index contributed by atoms with van der Waals surface area (Å²) in [5.41, 5.74) is 3.72. The molecule has 2 nitrogen and oxygen atoms in total. The van der Waals surface area contributed by atoms with Gasteiger partial charge < -0.3 is 10.1 Å². The molecule has 0 aliphatic heterocycles. The summed E-state index contributed by atoms with van der Waals surface area (Å²) in [5.74, 6) is 0. The van der Waals surface area contributed by atoms with Gasteiger partial charge in [0.1, 0.15) is 0 Å². The summed E-state index contributed by atoms with van der Waals surface area (Å²) < 4.78 is 5.66. The molecule has 2 atom stereocenters. The van der Waals surface area contributed by atoms with Crippen LogP contribution in [0.3, 0.4) is 0 Å². The molecule has 2 heteroatoms. The first-order chi connectivity index (χ1) is 10.4. The molecule has 2 aromatic rings. The zero-order chi connectivity index (χ0) is 14.5. The van der Waals surface area contributed by atoms with E-state index in [4.69, 9.17) is 4.74 Å². The van der Waals surface area contributed by atoms with Crippen LogP contribution in [0.2, 0.25) is 0 Å². The quantitative estimate of drug-likeness (QED) is 0.875. The molecular weight excluding hydrogens is 258 g/mol. The lowest BCUT2D eigenvalue weighted by Gasteiger charge is -2.32. The van der Waals surface area contributed by atoms with Crippen LogP contribution in [0.4, 0.5) is 5.69 Å². The smallest absolute Gasteiger partial charge is 0.0772 e. The fourth-order valence-electron chi connectivity index (χ4n) is 3.22. The van der Waals surface area contributed by atoms with Gasteiger partial charge in [0, 0.05) is 18.4 Å². The van der Waals surface area contributed by atoms with Gasteiger partial charge in [0.25, 0.3) is 0 Å². The van der Waals surface area contributed by atoms with Crippen molar-refractivity contribution in [3.05, 3.63) is 54.6 Å². The van der Waals surface area contributed by atoms with Crippen LogP contribution in [0.15, 0.2) is 54.6 Å². The summed E-state index contributed by atoms with van der Waals surface area (Å²) in [6.45, 7) is 0. The number of anilines is 1. The zero-order valence-electron chi connectivity index (χ0n) is 12.6. The molecule has 2 unspecified atom stereocenters. The van der Waals surface area contributed by atoms with Gasteiger partial charge in [0.15, 0.2) is 0 Å². The van der Waals surface area contributed by atoms with Crippen molar-refractivity contribution in [2.45, 2.75) is 37.8 Å². The van der Waals surface area contributed by atoms with E-state index in [2.05, 4.69) is 59.9 Å². The highest BCUT2D eigenvalue weighted by atomic mass is 16.5. The third-order valence-corrected chi connectivity index (χ3v) is 4.36. The van der Waals surface area contributed by atoms with E-state index < -0.39 is 0 Å². The molecule has 110 valence electrons. The molecule has 2 aromatic carbocycles. The van der Waals surface area contributed by atoms with Gasteiger partial charge in [0.2, 0.25) is 0 Å². The fourth-order valence-corrected chi connectivity index (χ4v) is 3.22. The first kappa shape index (κ1) is 14.2. The van der Waals surface area contributed by atoms with Crippen molar-refractivity contribution in [1.82, 2.24) is 0 Å². The minimum Gasteiger partial charge on any atom is -0.379 e. The van der Waals surface area contributed by atoms with E-state index in [-0.39, 0.29) is 0 Å². The van der Waals surface area contributed by atoms with Crippen LogP contribution < -0.4 is 5.32 Å². The molecule has 21 heavy (non-hydrogen) atoms. The number of para-hydroxylation sites is 1. The predicted molar refractivity (Wildman–Crippen MR) is 88.6 cm³/mol. The molecule has 1 fully saturated rings. The first-order valence-corrected chi connectivity index (χ1v) is 7.82. The van der Waals surface area contributed by atoms with Crippen molar-refractivity contribution in [2.24, 2.45) is 0 Å². The second-order valence-electron chi connectivity index (χ2n) is 5.72. The zero-order valence-corrected chi connectivity index (χ0v) is 12.6. The second-order valence-corrected chi connectivity index (χ2v) is 5.72. The molecule has 0 amide bonds. The van der Waals surface area contributed by atoms with E-state index in [1.54, 1.807) is 0 Å². The lowest BCUT2D eigenvalue weighted by Crippen LogP contribution is -2.37. The van der Waals surface area contributed by atoms with Crippen LogP contribution in [0.5, 0.6) is 0 Å². The molecule has 1 aliphatic carbocycles. The number of hydrogen-bond donors (Lipinski definition) is 1. The molecule has 1 saturated carbocycles. The molecule has 0 radical (unpaired) electrons. The average Bonchev–Trinajstić information content (AvgIpc) is 2.57. The van der Waals surface area contributed by atoms with Crippen LogP contribution in [-0.4, -0.2) is 19.3 Å². The minimum absolute atomic E-state index is 0.322. The number of benzene rings is 2. The van der Waals surface area contributed by atoms with E-state index in [1.165, 1.54) is 36.1 Å². The van der Waals surface area contributed by atoms with Crippen molar-refractivity contribution in [2.75, 3.05) is 12.4 Å². The van der Waals surface area contributed by atoms with E-state index >= 15 is 0 Å². The summed E-state index contributed by atoms with van der Waals surface area (Å²) in [7, 11) is 1.83. The average molecular weight is 281 g/mol. The Kier molecular flexibility index (Phi) is 4.56. The lowest BCUT2D eigenvalue weighted by molar-refractivity contribution is 0.0606.